The van der Waals surface area contributed by atoms with Crippen LogP contribution in [0.4, 0.5) is 0 Å². The van der Waals surface area contributed by atoms with E-state index < -0.39 is 15.9 Å². The van der Waals surface area contributed by atoms with Gasteiger partial charge in [0.1, 0.15) is 0 Å². The van der Waals surface area contributed by atoms with Crippen LogP contribution in [0.2, 0.25) is 10.0 Å². The summed E-state index contributed by atoms with van der Waals surface area (Å²) < 4.78 is 29.1. The van der Waals surface area contributed by atoms with Crippen LogP contribution >= 0.6 is 34.5 Å². The van der Waals surface area contributed by atoms with Gasteiger partial charge in [0, 0.05) is 25.7 Å². The molecular weight excluding hydrogens is 453 g/mol. The third kappa shape index (κ3) is 3.75. The lowest BCUT2D eigenvalue weighted by molar-refractivity contribution is 0.0998. The normalized spacial score (nSPS) is 15.4. The predicted octanol–water partition coefficient (Wildman–Crippen LogP) is 4.07. The van der Waals surface area contributed by atoms with Gasteiger partial charge in [-0.25, -0.2) is 8.42 Å². The van der Waals surface area contributed by atoms with E-state index in [2.05, 4.69) is 4.99 Å². The van der Waals surface area contributed by atoms with Crippen molar-refractivity contribution in [2.24, 2.45) is 12.0 Å². The standard InChI is InChI=1S/C19H17Cl2N3O3S2/c1-23-17-15(10-9-14(20)16(17)21)28-19(23)22-18(25)11-3-7-13(8-4-11)29(26,27)24(2)12-5-6-12/h3-4,7-10,12H,5-6H2,1-2H3. The second-order valence-corrected chi connectivity index (χ2v) is 10.6. The number of nitrogens with zero attached hydrogens (tertiary/aromatic N) is 3. The summed E-state index contributed by atoms with van der Waals surface area (Å²) in [5.74, 6) is -0.464. The highest BCUT2D eigenvalue weighted by Crippen LogP contribution is 2.32. The Balaban J connectivity index is 1.66. The number of carbonyl (C=O) groups is 1. The summed E-state index contributed by atoms with van der Waals surface area (Å²) in [5, 5.41) is 0.838. The smallest absolute Gasteiger partial charge is 0.279 e. The molecule has 0 aliphatic heterocycles. The highest BCUT2D eigenvalue weighted by molar-refractivity contribution is 7.89. The Bertz CT molecular complexity index is 1290. The molecule has 1 aromatic heterocycles. The van der Waals surface area contributed by atoms with Crippen molar-refractivity contribution in [1.82, 2.24) is 8.87 Å². The second kappa shape index (κ2) is 7.52. The molecule has 1 aliphatic rings. The SMILES string of the molecule is CN(C1CC1)S(=O)(=O)c1ccc(C(=O)N=c2sc3ccc(Cl)c(Cl)c3n2C)cc1. The van der Waals surface area contributed by atoms with Crippen molar-refractivity contribution >= 4 is 60.7 Å². The number of aryl methyl sites for hydroxylation is 1. The Morgan fingerprint density at radius 2 is 1.83 bits per heavy atom. The molecule has 1 heterocycles. The fraction of sp³-hybridized carbons (Fsp3) is 0.263. The molecule has 152 valence electrons. The number of sulfonamides is 1. The number of hydrogen-bond acceptors (Lipinski definition) is 4. The summed E-state index contributed by atoms with van der Waals surface area (Å²) in [6.45, 7) is 0. The minimum Gasteiger partial charge on any atom is -0.318 e. The molecule has 29 heavy (non-hydrogen) atoms. The molecule has 1 amide bonds. The molecule has 0 bridgehead atoms. The first-order chi connectivity index (χ1) is 13.7. The van der Waals surface area contributed by atoms with Gasteiger partial charge in [-0.3, -0.25) is 4.79 Å². The van der Waals surface area contributed by atoms with Crippen LogP contribution in [0.25, 0.3) is 10.2 Å². The summed E-state index contributed by atoms with van der Waals surface area (Å²) in [6.07, 6.45) is 1.76. The maximum absolute atomic E-state index is 12.6. The molecule has 0 radical (unpaired) electrons. The van der Waals surface area contributed by atoms with E-state index in [1.54, 1.807) is 24.7 Å². The first kappa shape index (κ1) is 20.6. The van der Waals surface area contributed by atoms with Crippen molar-refractivity contribution in [3.63, 3.8) is 0 Å². The highest BCUT2D eigenvalue weighted by Gasteiger charge is 2.35. The van der Waals surface area contributed by atoms with Crippen LogP contribution in [0.1, 0.15) is 23.2 Å². The van der Waals surface area contributed by atoms with Gasteiger partial charge in [-0.2, -0.15) is 9.30 Å². The maximum atomic E-state index is 12.6. The molecule has 10 heteroatoms. The third-order valence-electron chi connectivity index (χ3n) is 4.89. The summed E-state index contributed by atoms with van der Waals surface area (Å²) in [7, 11) is -0.204. The van der Waals surface area contributed by atoms with Gasteiger partial charge in [0.25, 0.3) is 5.91 Å². The van der Waals surface area contributed by atoms with Gasteiger partial charge in [-0.05, 0) is 49.2 Å². The van der Waals surface area contributed by atoms with Gasteiger partial charge in [-0.1, -0.05) is 34.5 Å². The number of aromatic nitrogens is 1. The quantitative estimate of drug-likeness (QED) is 0.577. The second-order valence-electron chi connectivity index (χ2n) is 6.85. The lowest BCUT2D eigenvalue weighted by Crippen LogP contribution is -2.28. The van der Waals surface area contributed by atoms with E-state index in [9.17, 15) is 13.2 Å². The van der Waals surface area contributed by atoms with Crippen LogP contribution in [0.15, 0.2) is 46.3 Å². The van der Waals surface area contributed by atoms with E-state index in [0.717, 1.165) is 17.5 Å². The van der Waals surface area contributed by atoms with Crippen molar-refractivity contribution in [3.8, 4) is 0 Å². The van der Waals surface area contributed by atoms with Gasteiger partial charge in [-0.15, -0.1) is 0 Å². The molecule has 2 aromatic carbocycles. The van der Waals surface area contributed by atoms with Crippen molar-refractivity contribution in [2.75, 3.05) is 7.05 Å². The van der Waals surface area contributed by atoms with Crippen molar-refractivity contribution in [3.05, 3.63) is 56.8 Å². The minimum atomic E-state index is -3.55. The first-order valence-electron chi connectivity index (χ1n) is 8.81. The molecule has 0 unspecified atom stereocenters. The summed E-state index contributed by atoms with van der Waals surface area (Å²) in [6, 6.07) is 9.45. The van der Waals surface area contributed by atoms with Crippen LogP contribution in [0.3, 0.4) is 0 Å². The van der Waals surface area contributed by atoms with Crippen molar-refractivity contribution < 1.29 is 13.2 Å². The highest BCUT2D eigenvalue weighted by atomic mass is 35.5. The minimum absolute atomic E-state index is 0.0737. The molecule has 6 nitrogen and oxygen atoms in total. The van der Waals surface area contributed by atoms with E-state index in [-0.39, 0.29) is 10.9 Å². The predicted molar refractivity (Wildman–Crippen MR) is 115 cm³/mol. The Morgan fingerprint density at radius 1 is 1.17 bits per heavy atom. The van der Waals surface area contributed by atoms with Gasteiger partial charge in [0.15, 0.2) is 4.80 Å². The topological polar surface area (TPSA) is 71.7 Å². The average Bonchev–Trinajstić information content (AvgIpc) is 3.50. The number of fused-ring (bicyclic) bond motifs is 1. The fourth-order valence-electron chi connectivity index (χ4n) is 3.00. The Labute approximate surface area is 182 Å². The van der Waals surface area contributed by atoms with Crippen LogP contribution in [0, 0.1) is 0 Å². The number of benzene rings is 2. The van der Waals surface area contributed by atoms with Gasteiger partial charge < -0.3 is 4.57 Å². The van der Waals surface area contributed by atoms with Gasteiger partial charge >= 0.3 is 0 Å². The molecule has 1 saturated carbocycles. The molecular formula is C19H17Cl2N3O3S2. The molecule has 3 aromatic rings. The van der Waals surface area contributed by atoms with Crippen LogP contribution < -0.4 is 4.80 Å². The Kier molecular flexibility index (Phi) is 5.33. The zero-order valence-corrected chi connectivity index (χ0v) is 18.7. The zero-order chi connectivity index (χ0) is 20.9. The molecule has 1 aliphatic carbocycles. The Morgan fingerprint density at radius 3 is 2.45 bits per heavy atom. The number of halogens is 2. The Hall–Kier alpha value is -1.71. The summed E-state index contributed by atoms with van der Waals surface area (Å²) in [4.78, 5) is 17.4. The fourth-order valence-corrected chi connectivity index (χ4v) is 5.94. The number of thiazole rings is 1. The molecule has 1 fully saturated rings. The van der Waals surface area contributed by atoms with Gasteiger partial charge in [0.2, 0.25) is 10.0 Å². The number of amides is 1. The van der Waals surface area contributed by atoms with E-state index in [1.165, 1.54) is 39.9 Å². The van der Waals surface area contributed by atoms with E-state index >= 15 is 0 Å². The monoisotopic (exact) mass is 469 g/mol. The number of hydrogen-bond donors (Lipinski definition) is 0. The van der Waals surface area contributed by atoms with E-state index in [1.807, 2.05) is 6.07 Å². The maximum Gasteiger partial charge on any atom is 0.279 e. The average molecular weight is 470 g/mol. The van der Waals surface area contributed by atoms with Crippen LogP contribution in [0.5, 0.6) is 0 Å². The largest absolute Gasteiger partial charge is 0.318 e. The lowest BCUT2D eigenvalue weighted by Gasteiger charge is -2.16. The molecule has 0 saturated heterocycles. The lowest BCUT2D eigenvalue weighted by atomic mass is 10.2. The molecule has 4 rings (SSSR count). The zero-order valence-electron chi connectivity index (χ0n) is 15.6. The molecule has 0 N–H and O–H groups in total. The van der Waals surface area contributed by atoms with Crippen molar-refractivity contribution in [2.45, 2.75) is 23.8 Å². The van der Waals surface area contributed by atoms with Crippen LogP contribution in [-0.2, 0) is 17.1 Å². The summed E-state index contributed by atoms with van der Waals surface area (Å²) in [5.41, 5.74) is 1.01. The van der Waals surface area contributed by atoms with Crippen molar-refractivity contribution in [1.29, 1.82) is 0 Å². The summed E-state index contributed by atoms with van der Waals surface area (Å²) >= 11 is 13.7. The van der Waals surface area contributed by atoms with Gasteiger partial charge in [0.05, 0.1) is 25.2 Å². The molecule has 0 spiro atoms. The molecule has 0 atom stereocenters. The first-order valence-corrected chi connectivity index (χ1v) is 11.8. The number of rotatable bonds is 4. The van der Waals surface area contributed by atoms with E-state index in [0.29, 0.717) is 25.9 Å². The third-order valence-corrected chi connectivity index (χ3v) is 8.71. The number of carbonyl (C=O) groups excluding carboxylic acids is 1. The van der Waals surface area contributed by atoms with Crippen LogP contribution in [-0.4, -0.2) is 36.3 Å². The van der Waals surface area contributed by atoms with E-state index in [4.69, 9.17) is 23.2 Å².